The van der Waals surface area contributed by atoms with Crippen LogP contribution in [0.1, 0.15) is 20.8 Å². The molecule has 1 saturated heterocycles. The predicted molar refractivity (Wildman–Crippen MR) is 56.7 cm³/mol. The van der Waals surface area contributed by atoms with E-state index in [1.165, 1.54) is 0 Å². The van der Waals surface area contributed by atoms with Gasteiger partial charge in [0.2, 0.25) is 0 Å². The van der Waals surface area contributed by atoms with E-state index >= 15 is 0 Å². The lowest BCUT2D eigenvalue weighted by Gasteiger charge is -2.27. The number of hydrogen-bond donors (Lipinski definition) is 2. The Labute approximate surface area is 92.6 Å². The molecule has 0 bridgehead atoms. The normalized spacial score (nSPS) is 26.3. The number of ether oxygens (including phenoxy) is 1. The molecule has 86 valence electrons. The van der Waals surface area contributed by atoms with E-state index < -0.39 is 22.4 Å². The van der Waals surface area contributed by atoms with Gasteiger partial charge in [-0.05, 0) is 20.8 Å². The van der Waals surface area contributed by atoms with Crippen molar-refractivity contribution in [3.63, 3.8) is 0 Å². The van der Waals surface area contributed by atoms with E-state index in [4.69, 9.17) is 9.84 Å². The summed E-state index contributed by atoms with van der Waals surface area (Å²) in [5.74, 6) is -1.34. The van der Waals surface area contributed by atoms with Crippen molar-refractivity contribution < 1.29 is 19.4 Å². The Morgan fingerprint density at radius 3 is 2.40 bits per heavy atom. The first-order valence-corrected chi connectivity index (χ1v) is 5.62. The van der Waals surface area contributed by atoms with Gasteiger partial charge in [0.1, 0.15) is 5.60 Å². The summed E-state index contributed by atoms with van der Waals surface area (Å²) in [6.45, 7) is 5.62. The van der Waals surface area contributed by atoms with Crippen molar-refractivity contribution in [3.8, 4) is 0 Å². The van der Waals surface area contributed by atoms with Gasteiger partial charge in [-0.25, -0.2) is 9.59 Å². The van der Waals surface area contributed by atoms with Gasteiger partial charge in [-0.1, -0.05) is 0 Å². The number of carboxylic acids is 1. The number of carbonyl (C=O) groups is 2. The van der Waals surface area contributed by atoms with Gasteiger partial charge in [0.05, 0.1) is 0 Å². The molecular formula is C9H15NO4S. The van der Waals surface area contributed by atoms with E-state index in [0.717, 1.165) is 11.8 Å². The molecular weight excluding hydrogens is 218 g/mol. The average Bonchev–Trinajstić information content (AvgIpc) is 2.48. The lowest BCUT2D eigenvalue weighted by molar-refractivity contribution is -0.165. The fourth-order valence-electron chi connectivity index (χ4n) is 1.19. The molecule has 0 unspecified atom stereocenters. The monoisotopic (exact) mass is 233 g/mol. The summed E-state index contributed by atoms with van der Waals surface area (Å²) < 4.78 is 5.08. The number of nitrogens with one attached hydrogen (secondary N) is 1. The van der Waals surface area contributed by atoms with Gasteiger partial charge >= 0.3 is 11.9 Å². The lowest BCUT2D eigenvalue weighted by Crippen LogP contribution is -2.54. The molecule has 5 nitrogen and oxygen atoms in total. The zero-order chi connectivity index (χ0) is 11.7. The highest BCUT2D eigenvalue weighted by atomic mass is 32.2. The molecule has 1 heterocycles. The molecule has 1 rings (SSSR count). The minimum Gasteiger partial charge on any atom is -0.479 e. The second kappa shape index (κ2) is 4.02. The number of carbonyl (C=O) groups excluding carboxylic acids is 1. The van der Waals surface area contributed by atoms with Gasteiger partial charge in [0.15, 0.2) is 0 Å². The topological polar surface area (TPSA) is 75.6 Å². The minimum absolute atomic E-state index is 0.496. The number of rotatable bonds is 2. The van der Waals surface area contributed by atoms with E-state index in [-0.39, 0.29) is 0 Å². The Hall–Kier alpha value is -0.750. The number of thioether (sulfide) groups is 1. The zero-order valence-electron chi connectivity index (χ0n) is 8.99. The molecule has 0 aromatic heterocycles. The van der Waals surface area contributed by atoms with Crippen molar-refractivity contribution in [2.45, 2.75) is 31.2 Å². The molecule has 1 atom stereocenters. The molecule has 0 amide bonds. The molecule has 0 saturated carbocycles. The second-order valence-electron chi connectivity index (χ2n) is 4.26. The quantitative estimate of drug-likeness (QED) is 0.532. The lowest BCUT2D eigenvalue weighted by atomic mass is 10.2. The van der Waals surface area contributed by atoms with Crippen LogP contribution in [-0.2, 0) is 14.3 Å². The molecule has 0 aliphatic carbocycles. The van der Waals surface area contributed by atoms with Crippen LogP contribution >= 0.6 is 11.8 Å². The second-order valence-corrected chi connectivity index (χ2v) is 5.57. The SMILES string of the molecule is CC(C)(C)OC(=O)[C@]1(C(=O)O)NCCS1. The van der Waals surface area contributed by atoms with Gasteiger partial charge in [-0.2, -0.15) is 0 Å². The Morgan fingerprint density at radius 1 is 1.47 bits per heavy atom. The molecule has 0 radical (unpaired) electrons. The van der Waals surface area contributed by atoms with Crippen molar-refractivity contribution in [2.75, 3.05) is 12.3 Å². The minimum atomic E-state index is -1.62. The molecule has 1 aliphatic heterocycles. The molecule has 6 heteroatoms. The Bertz CT molecular complexity index is 278. The summed E-state index contributed by atoms with van der Waals surface area (Å²) in [4.78, 5) is 21.2. The first kappa shape index (κ1) is 12.3. The van der Waals surface area contributed by atoms with Crippen LogP contribution in [0.25, 0.3) is 0 Å². The van der Waals surface area contributed by atoms with E-state index in [0.29, 0.717) is 12.3 Å². The van der Waals surface area contributed by atoms with Crippen molar-refractivity contribution in [3.05, 3.63) is 0 Å². The molecule has 1 aliphatic rings. The zero-order valence-corrected chi connectivity index (χ0v) is 9.81. The summed E-state index contributed by atoms with van der Waals surface area (Å²) in [5, 5.41) is 11.7. The predicted octanol–water partition coefficient (Wildman–Crippen LogP) is 0.445. The van der Waals surface area contributed by atoms with Gasteiger partial charge in [-0.3, -0.25) is 5.32 Å². The van der Waals surface area contributed by atoms with E-state index in [1.807, 2.05) is 0 Å². The smallest absolute Gasteiger partial charge is 0.349 e. The maximum absolute atomic E-state index is 11.7. The van der Waals surface area contributed by atoms with Crippen molar-refractivity contribution in [1.29, 1.82) is 0 Å². The summed E-state index contributed by atoms with van der Waals surface area (Å²) in [5.41, 5.74) is -0.676. The van der Waals surface area contributed by atoms with E-state index in [1.54, 1.807) is 20.8 Å². The highest BCUT2D eigenvalue weighted by Gasteiger charge is 2.52. The van der Waals surface area contributed by atoms with E-state index in [2.05, 4.69) is 5.32 Å². The van der Waals surface area contributed by atoms with Crippen molar-refractivity contribution in [1.82, 2.24) is 5.32 Å². The van der Waals surface area contributed by atoms with Crippen LogP contribution in [0.2, 0.25) is 0 Å². The Kier molecular flexibility index (Phi) is 3.30. The first-order chi connectivity index (χ1) is 6.78. The molecule has 15 heavy (non-hydrogen) atoms. The summed E-state index contributed by atoms with van der Waals surface area (Å²) >= 11 is 1.06. The van der Waals surface area contributed by atoms with Crippen LogP contribution in [0.4, 0.5) is 0 Å². The van der Waals surface area contributed by atoms with Crippen LogP contribution < -0.4 is 5.32 Å². The standard InChI is InChI=1S/C9H15NO4S/c1-8(2,3)14-7(13)9(6(11)12)10-4-5-15-9/h10H,4-5H2,1-3H3,(H,11,12)/t9-/m1/s1. The third-order valence-electron chi connectivity index (χ3n) is 1.78. The maximum Gasteiger partial charge on any atom is 0.349 e. The third kappa shape index (κ3) is 2.63. The molecule has 0 aromatic rings. The van der Waals surface area contributed by atoms with Crippen molar-refractivity contribution in [2.24, 2.45) is 0 Å². The fraction of sp³-hybridized carbons (Fsp3) is 0.778. The number of esters is 1. The molecule has 0 aromatic carbocycles. The molecule has 0 spiro atoms. The average molecular weight is 233 g/mol. The van der Waals surface area contributed by atoms with Crippen LogP contribution in [0.15, 0.2) is 0 Å². The summed E-state index contributed by atoms with van der Waals surface area (Å²) in [7, 11) is 0. The van der Waals surface area contributed by atoms with Crippen LogP contribution in [0.3, 0.4) is 0 Å². The number of aliphatic carboxylic acids is 1. The van der Waals surface area contributed by atoms with Gasteiger partial charge in [0, 0.05) is 12.3 Å². The molecule has 2 N–H and O–H groups in total. The van der Waals surface area contributed by atoms with Crippen LogP contribution in [0, 0.1) is 0 Å². The highest BCUT2D eigenvalue weighted by molar-refractivity contribution is 8.02. The largest absolute Gasteiger partial charge is 0.479 e. The van der Waals surface area contributed by atoms with E-state index in [9.17, 15) is 9.59 Å². The molecule has 1 fully saturated rings. The van der Waals surface area contributed by atoms with Gasteiger partial charge < -0.3 is 9.84 Å². The van der Waals surface area contributed by atoms with Crippen LogP contribution in [-0.4, -0.2) is 39.8 Å². The Balaban J connectivity index is 2.82. The third-order valence-corrected chi connectivity index (χ3v) is 3.11. The summed E-state index contributed by atoms with van der Waals surface area (Å²) in [6.07, 6.45) is 0. The van der Waals surface area contributed by atoms with Crippen LogP contribution in [0.5, 0.6) is 0 Å². The Morgan fingerprint density at radius 2 is 2.07 bits per heavy atom. The maximum atomic E-state index is 11.7. The number of hydrogen-bond acceptors (Lipinski definition) is 5. The fourth-order valence-corrected chi connectivity index (χ4v) is 2.19. The first-order valence-electron chi connectivity index (χ1n) is 4.64. The number of carboxylic acid groups (broad SMARTS) is 1. The van der Waals surface area contributed by atoms with Crippen molar-refractivity contribution >= 4 is 23.7 Å². The van der Waals surface area contributed by atoms with Gasteiger partial charge in [-0.15, -0.1) is 11.8 Å². The van der Waals surface area contributed by atoms with Gasteiger partial charge in [0.25, 0.3) is 4.87 Å². The summed E-state index contributed by atoms with van der Waals surface area (Å²) in [6, 6.07) is 0. The highest BCUT2D eigenvalue weighted by Crippen LogP contribution is 2.30.